The van der Waals surface area contributed by atoms with Gasteiger partial charge in [0.1, 0.15) is 11.4 Å². The number of amides is 1. The first-order valence-electron chi connectivity index (χ1n) is 8.43. The molecule has 0 saturated heterocycles. The standard InChI is InChI=1S/C17H23N3O4S/c1-24-13-8-9-14(15(11-13)20(22)23)18-17(25)19-16(21)10-7-12-5-3-2-4-6-12/h8-9,11-12H,2-7,10H2,1H3,(H2,18,19,21,25). The first-order valence-corrected chi connectivity index (χ1v) is 8.83. The monoisotopic (exact) mass is 365 g/mol. The predicted octanol–water partition coefficient (Wildman–Crippen LogP) is 3.78. The molecule has 0 aromatic heterocycles. The Kier molecular flexibility index (Phi) is 7.12. The molecule has 1 aromatic rings. The third-order valence-electron chi connectivity index (χ3n) is 4.41. The number of hydrogen-bond donors (Lipinski definition) is 2. The molecule has 0 spiro atoms. The first-order chi connectivity index (χ1) is 12.0. The van der Waals surface area contributed by atoms with E-state index < -0.39 is 4.92 Å². The normalized spacial score (nSPS) is 14.6. The Morgan fingerprint density at radius 1 is 1.36 bits per heavy atom. The van der Waals surface area contributed by atoms with E-state index >= 15 is 0 Å². The highest BCUT2D eigenvalue weighted by Gasteiger charge is 2.18. The molecule has 0 bridgehead atoms. The van der Waals surface area contributed by atoms with Crippen molar-refractivity contribution in [1.29, 1.82) is 0 Å². The second-order valence-electron chi connectivity index (χ2n) is 6.19. The van der Waals surface area contributed by atoms with Gasteiger partial charge in [0.25, 0.3) is 5.69 Å². The molecule has 2 N–H and O–H groups in total. The van der Waals surface area contributed by atoms with Gasteiger partial charge in [-0.15, -0.1) is 0 Å². The zero-order valence-corrected chi connectivity index (χ0v) is 15.1. The van der Waals surface area contributed by atoms with Gasteiger partial charge in [-0.25, -0.2) is 0 Å². The van der Waals surface area contributed by atoms with Gasteiger partial charge in [0.2, 0.25) is 5.91 Å². The number of rotatable bonds is 6. The molecule has 0 radical (unpaired) electrons. The van der Waals surface area contributed by atoms with E-state index in [9.17, 15) is 14.9 Å². The van der Waals surface area contributed by atoms with E-state index in [1.807, 2.05) is 0 Å². The van der Waals surface area contributed by atoms with Gasteiger partial charge in [-0.3, -0.25) is 14.9 Å². The number of thiocarbonyl (C=S) groups is 1. The lowest BCUT2D eigenvalue weighted by Gasteiger charge is -2.21. The summed E-state index contributed by atoms with van der Waals surface area (Å²) in [6.07, 6.45) is 7.43. The Labute approximate surface area is 152 Å². The van der Waals surface area contributed by atoms with Crippen molar-refractivity contribution in [2.45, 2.75) is 44.9 Å². The molecule has 0 unspecified atom stereocenters. The van der Waals surface area contributed by atoms with E-state index in [1.54, 1.807) is 6.07 Å². The number of anilines is 1. The fourth-order valence-electron chi connectivity index (χ4n) is 3.05. The molecule has 1 saturated carbocycles. The summed E-state index contributed by atoms with van der Waals surface area (Å²) in [5.74, 6) is 0.822. The second-order valence-corrected chi connectivity index (χ2v) is 6.59. The third kappa shape index (κ3) is 5.97. The molecule has 1 fully saturated rings. The van der Waals surface area contributed by atoms with Crippen molar-refractivity contribution in [3.63, 3.8) is 0 Å². The maximum absolute atomic E-state index is 12.0. The number of carbonyl (C=O) groups excluding carboxylic acids is 1. The second kappa shape index (κ2) is 9.31. The van der Waals surface area contributed by atoms with Gasteiger partial charge in [-0.1, -0.05) is 32.1 Å². The Morgan fingerprint density at radius 3 is 2.72 bits per heavy atom. The zero-order valence-electron chi connectivity index (χ0n) is 14.2. The van der Waals surface area contributed by atoms with Crippen LogP contribution in [0.5, 0.6) is 5.75 Å². The van der Waals surface area contributed by atoms with Crippen LogP contribution in [0.25, 0.3) is 0 Å². The van der Waals surface area contributed by atoms with Gasteiger partial charge in [0.15, 0.2) is 5.11 Å². The van der Waals surface area contributed by atoms with Crippen molar-refractivity contribution in [3.8, 4) is 5.75 Å². The Morgan fingerprint density at radius 2 is 2.08 bits per heavy atom. The van der Waals surface area contributed by atoms with E-state index in [1.165, 1.54) is 51.3 Å². The first kappa shape index (κ1) is 19.1. The van der Waals surface area contributed by atoms with Crippen molar-refractivity contribution < 1.29 is 14.5 Å². The summed E-state index contributed by atoms with van der Waals surface area (Å²) in [5.41, 5.74) is 0.0431. The quantitative estimate of drug-likeness (QED) is 0.453. The van der Waals surface area contributed by atoms with Gasteiger partial charge >= 0.3 is 0 Å². The van der Waals surface area contributed by atoms with Crippen molar-refractivity contribution in [3.05, 3.63) is 28.3 Å². The number of nitrogens with zero attached hydrogens (tertiary/aromatic N) is 1. The summed E-state index contributed by atoms with van der Waals surface area (Å²) in [4.78, 5) is 22.6. The lowest BCUT2D eigenvalue weighted by atomic mass is 9.86. The van der Waals surface area contributed by atoms with Crippen molar-refractivity contribution in [2.75, 3.05) is 12.4 Å². The van der Waals surface area contributed by atoms with Crippen molar-refractivity contribution in [1.82, 2.24) is 5.32 Å². The van der Waals surface area contributed by atoms with Crippen LogP contribution >= 0.6 is 12.2 Å². The molecule has 1 aliphatic carbocycles. The van der Waals surface area contributed by atoms with Crippen LogP contribution in [0.4, 0.5) is 11.4 Å². The number of nitrogens with one attached hydrogen (secondary N) is 2. The lowest BCUT2D eigenvalue weighted by molar-refractivity contribution is -0.384. The largest absolute Gasteiger partial charge is 0.496 e. The molecule has 7 nitrogen and oxygen atoms in total. The van der Waals surface area contributed by atoms with E-state index in [0.717, 1.165) is 6.42 Å². The van der Waals surface area contributed by atoms with Crippen molar-refractivity contribution >= 4 is 34.6 Å². The topological polar surface area (TPSA) is 93.5 Å². The fraction of sp³-hybridized carbons (Fsp3) is 0.529. The van der Waals surface area contributed by atoms with Crippen LogP contribution in [0.3, 0.4) is 0 Å². The molecule has 1 amide bonds. The number of methoxy groups -OCH3 is 1. The number of benzene rings is 1. The summed E-state index contributed by atoms with van der Waals surface area (Å²) >= 11 is 5.09. The average molecular weight is 365 g/mol. The maximum Gasteiger partial charge on any atom is 0.296 e. The van der Waals surface area contributed by atoms with Crippen LogP contribution in [-0.4, -0.2) is 23.1 Å². The van der Waals surface area contributed by atoms with E-state index in [2.05, 4.69) is 10.6 Å². The minimum atomic E-state index is -0.529. The maximum atomic E-state index is 12.0. The molecule has 0 heterocycles. The summed E-state index contributed by atoms with van der Waals surface area (Å²) in [6.45, 7) is 0. The Hall–Kier alpha value is -2.22. The molecule has 1 aromatic carbocycles. The summed E-state index contributed by atoms with van der Waals surface area (Å²) in [6, 6.07) is 4.39. The average Bonchev–Trinajstić information content (AvgIpc) is 2.61. The summed E-state index contributed by atoms with van der Waals surface area (Å²) < 4.78 is 4.98. The zero-order chi connectivity index (χ0) is 18.2. The van der Waals surface area contributed by atoms with Gasteiger partial charge in [-0.05, 0) is 36.7 Å². The van der Waals surface area contributed by atoms with Crippen LogP contribution in [0.2, 0.25) is 0 Å². The molecule has 136 valence electrons. The number of hydrogen-bond acceptors (Lipinski definition) is 5. The summed E-state index contributed by atoms with van der Waals surface area (Å²) in [5, 5.41) is 16.5. The number of ether oxygens (including phenoxy) is 1. The van der Waals surface area contributed by atoms with Crippen LogP contribution in [-0.2, 0) is 4.79 Å². The molecule has 0 atom stereocenters. The molecular weight excluding hydrogens is 342 g/mol. The molecular formula is C17H23N3O4S. The van der Waals surface area contributed by atoms with Gasteiger partial charge < -0.3 is 15.4 Å². The van der Waals surface area contributed by atoms with Gasteiger partial charge in [-0.2, -0.15) is 0 Å². The SMILES string of the molecule is COc1ccc(NC(=S)NC(=O)CCC2CCCCC2)c([N+](=O)[O-])c1. The highest BCUT2D eigenvalue weighted by molar-refractivity contribution is 7.80. The van der Waals surface area contributed by atoms with E-state index in [4.69, 9.17) is 17.0 Å². The number of nitro groups is 1. The van der Waals surface area contributed by atoms with E-state index in [0.29, 0.717) is 18.1 Å². The minimum Gasteiger partial charge on any atom is -0.496 e. The molecule has 0 aliphatic heterocycles. The Balaban J connectivity index is 1.86. The molecule has 1 aliphatic rings. The number of nitro benzene ring substituents is 1. The van der Waals surface area contributed by atoms with Crippen molar-refractivity contribution in [2.24, 2.45) is 5.92 Å². The molecule has 2 rings (SSSR count). The third-order valence-corrected chi connectivity index (χ3v) is 4.61. The van der Waals surface area contributed by atoms with Crippen LogP contribution in [0.15, 0.2) is 18.2 Å². The fourth-order valence-corrected chi connectivity index (χ4v) is 3.27. The van der Waals surface area contributed by atoms with E-state index in [-0.39, 0.29) is 22.4 Å². The predicted molar refractivity (Wildman–Crippen MR) is 99.8 cm³/mol. The van der Waals surface area contributed by atoms with Gasteiger partial charge in [0.05, 0.1) is 18.1 Å². The smallest absolute Gasteiger partial charge is 0.296 e. The molecule has 25 heavy (non-hydrogen) atoms. The highest BCUT2D eigenvalue weighted by atomic mass is 32.1. The van der Waals surface area contributed by atoms with Crippen LogP contribution in [0.1, 0.15) is 44.9 Å². The number of carbonyl (C=O) groups is 1. The highest BCUT2D eigenvalue weighted by Crippen LogP contribution is 2.29. The van der Waals surface area contributed by atoms with Crippen LogP contribution in [0, 0.1) is 16.0 Å². The van der Waals surface area contributed by atoms with Gasteiger partial charge in [0, 0.05) is 6.42 Å². The Bertz CT molecular complexity index is 645. The van der Waals surface area contributed by atoms with Crippen LogP contribution < -0.4 is 15.4 Å². The summed E-state index contributed by atoms with van der Waals surface area (Å²) in [7, 11) is 1.43. The lowest BCUT2D eigenvalue weighted by Crippen LogP contribution is -2.34. The minimum absolute atomic E-state index is 0.0573. The molecule has 8 heteroatoms.